The smallest absolute Gasteiger partial charge is 0.249 e. The number of methoxy groups -OCH3 is 3. The summed E-state index contributed by atoms with van der Waals surface area (Å²) in [6.45, 7) is 5.74. The monoisotopic (exact) mass is 545 g/mol. The number of hydrogen-bond donors (Lipinski definition) is 1. The minimum atomic E-state index is -1.02. The number of carbonyl (C=O) groups is 2. The molecule has 3 aromatic carbocycles. The lowest BCUT2D eigenvalue weighted by Crippen LogP contribution is -2.51. The van der Waals surface area contributed by atoms with Gasteiger partial charge in [-0.3, -0.25) is 14.5 Å². The number of para-hydroxylation sites is 1. The van der Waals surface area contributed by atoms with Crippen LogP contribution in [0.2, 0.25) is 0 Å². The molecule has 0 aliphatic heterocycles. The molecule has 1 heterocycles. The lowest BCUT2D eigenvalue weighted by Gasteiger charge is -2.35. The fraction of sp³-hybridized carbons (Fsp3) is 0.333. The molecule has 0 aliphatic rings. The molecule has 2 amide bonds. The minimum absolute atomic E-state index is 0.147. The average molecular weight is 546 g/mol. The molecule has 40 heavy (non-hydrogen) atoms. The Kier molecular flexibility index (Phi) is 8.57. The molecule has 1 unspecified atom stereocenters. The van der Waals surface area contributed by atoms with Crippen molar-refractivity contribution in [3.8, 4) is 17.2 Å². The Morgan fingerprint density at radius 2 is 1.65 bits per heavy atom. The number of rotatable bonds is 11. The van der Waals surface area contributed by atoms with Gasteiger partial charge in [0.25, 0.3) is 0 Å². The predicted molar refractivity (Wildman–Crippen MR) is 153 cm³/mol. The highest BCUT2D eigenvalue weighted by Crippen LogP contribution is 2.36. The molecule has 0 spiro atoms. The second-order valence-corrected chi connectivity index (χ2v) is 9.94. The van der Waals surface area contributed by atoms with Crippen molar-refractivity contribution in [3.05, 3.63) is 72.3 Å². The summed E-state index contributed by atoms with van der Waals surface area (Å²) < 4.78 is 17.8. The van der Waals surface area contributed by atoms with Crippen molar-refractivity contribution in [2.24, 2.45) is 0 Å². The molecule has 1 atom stereocenters. The van der Waals surface area contributed by atoms with Crippen LogP contribution in [0.15, 0.2) is 66.7 Å². The molecule has 0 radical (unpaired) electrons. The second kappa shape index (κ2) is 12.1. The molecule has 0 fully saturated rings. The van der Waals surface area contributed by atoms with Gasteiger partial charge in [-0.15, -0.1) is 5.10 Å². The first-order chi connectivity index (χ1) is 19.2. The van der Waals surface area contributed by atoms with Crippen LogP contribution in [0.5, 0.6) is 17.2 Å². The van der Waals surface area contributed by atoms with Gasteiger partial charge in [-0.2, -0.15) is 0 Å². The van der Waals surface area contributed by atoms with Crippen LogP contribution in [0.25, 0.3) is 11.0 Å². The zero-order valence-corrected chi connectivity index (χ0v) is 23.7. The largest absolute Gasteiger partial charge is 0.497 e. The van der Waals surface area contributed by atoms with E-state index >= 15 is 0 Å². The van der Waals surface area contributed by atoms with Crippen molar-refractivity contribution in [2.45, 2.75) is 45.3 Å². The number of carbonyl (C=O) groups excluding carboxylic acids is 2. The fourth-order valence-corrected chi connectivity index (χ4v) is 4.34. The number of nitrogens with one attached hydrogen (secondary N) is 1. The fourth-order valence-electron chi connectivity index (χ4n) is 4.34. The second-order valence-electron chi connectivity index (χ2n) is 9.94. The molecular formula is C30H35N5O5. The summed E-state index contributed by atoms with van der Waals surface area (Å²) >= 11 is 0. The Morgan fingerprint density at radius 1 is 0.950 bits per heavy atom. The summed E-state index contributed by atoms with van der Waals surface area (Å²) in [4.78, 5) is 29.8. The summed E-state index contributed by atoms with van der Waals surface area (Å²) in [5, 5.41) is 11.5. The van der Waals surface area contributed by atoms with E-state index < -0.39 is 11.6 Å². The number of amides is 2. The topological polar surface area (TPSA) is 108 Å². The first-order valence-electron chi connectivity index (χ1n) is 13.0. The van der Waals surface area contributed by atoms with Gasteiger partial charge in [0.05, 0.1) is 26.8 Å². The standard InChI is InChI=1S/C30H35N5O5/c1-7-30(2,3)31-29(37)28(20-12-15-22(38-4)16-13-20)35(21-14-17-25(39-5)26(18-21)40-6)27(36)19-34-24-11-9-8-10-23(24)32-33-34/h8-18,28H,7,19H2,1-6H3,(H,31,37). The van der Waals surface area contributed by atoms with Crippen molar-refractivity contribution in [1.29, 1.82) is 0 Å². The highest BCUT2D eigenvalue weighted by molar-refractivity contribution is 6.02. The van der Waals surface area contributed by atoms with Crippen molar-refractivity contribution < 1.29 is 23.8 Å². The number of benzene rings is 3. The first-order valence-corrected chi connectivity index (χ1v) is 13.0. The lowest BCUT2D eigenvalue weighted by atomic mass is 9.98. The summed E-state index contributed by atoms with van der Waals surface area (Å²) in [6, 6.07) is 18.6. The Balaban J connectivity index is 1.87. The lowest BCUT2D eigenvalue weighted by molar-refractivity contribution is -0.128. The normalized spacial score (nSPS) is 12.1. The third-order valence-electron chi connectivity index (χ3n) is 6.90. The van der Waals surface area contributed by atoms with Crippen LogP contribution in [0, 0.1) is 0 Å². The molecule has 4 rings (SSSR count). The Labute approximate surface area is 233 Å². The number of anilines is 1. The Bertz CT molecular complexity index is 1480. The van der Waals surface area contributed by atoms with Crippen LogP contribution in [0.1, 0.15) is 38.8 Å². The van der Waals surface area contributed by atoms with Crippen molar-refractivity contribution in [3.63, 3.8) is 0 Å². The molecule has 0 bridgehead atoms. The van der Waals surface area contributed by atoms with Crippen LogP contribution >= 0.6 is 0 Å². The SMILES string of the molecule is CCC(C)(C)NC(=O)C(c1ccc(OC)cc1)N(C(=O)Cn1nnc2ccccc21)c1ccc(OC)c(OC)c1. The van der Waals surface area contributed by atoms with Gasteiger partial charge < -0.3 is 19.5 Å². The highest BCUT2D eigenvalue weighted by Gasteiger charge is 2.36. The molecule has 0 aliphatic carbocycles. The highest BCUT2D eigenvalue weighted by atomic mass is 16.5. The Morgan fingerprint density at radius 3 is 2.30 bits per heavy atom. The molecule has 1 N–H and O–H groups in total. The van der Waals surface area contributed by atoms with E-state index in [-0.39, 0.29) is 18.4 Å². The van der Waals surface area contributed by atoms with Crippen LogP contribution < -0.4 is 24.4 Å². The summed E-state index contributed by atoms with van der Waals surface area (Å²) in [7, 11) is 4.63. The van der Waals surface area contributed by atoms with Gasteiger partial charge in [0.15, 0.2) is 11.5 Å². The maximum atomic E-state index is 14.2. The van der Waals surface area contributed by atoms with E-state index in [4.69, 9.17) is 14.2 Å². The molecule has 10 heteroatoms. The van der Waals surface area contributed by atoms with Crippen LogP contribution in [0.4, 0.5) is 5.69 Å². The van der Waals surface area contributed by atoms with Crippen molar-refractivity contribution in [1.82, 2.24) is 20.3 Å². The molecule has 4 aromatic rings. The van der Waals surface area contributed by atoms with Crippen molar-refractivity contribution in [2.75, 3.05) is 26.2 Å². The molecule has 1 aromatic heterocycles. The van der Waals surface area contributed by atoms with Gasteiger partial charge in [0, 0.05) is 17.3 Å². The van der Waals surface area contributed by atoms with Crippen molar-refractivity contribution >= 4 is 28.5 Å². The van der Waals surface area contributed by atoms with E-state index in [9.17, 15) is 9.59 Å². The first kappa shape index (κ1) is 28.4. The summed E-state index contributed by atoms with van der Waals surface area (Å²) in [5.41, 5.74) is 1.94. The molecular weight excluding hydrogens is 510 g/mol. The van der Waals surface area contributed by atoms with Crippen LogP contribution in [-0.4, -0.2) is 53.7 Å². The maximum absolute atomic E-state index is 14.2. The number of ether oxygens (including phenoxy) is 3. The van der Waals surface area contributed by atoms with E-state index in [0.717, 1.165) is 0 Å². The number of nitrogens with zero attached hydrogens (tertiary/aromatic N) is 4. The quantitative estimate of drug-likeness (QED) is 0.295. The third kappa shape index (κ3) is 6.01. The third-order valence-corrected chi connectivity index (χ3v) is 6.90. The average Bonchev–Trinajstić information content (AvgIpc) is 3.37. The van der Waals surface area contributed by atoms with Crippen LogP contribution in [0.3, 0.4) is 0 Å². The van der Waals surface area contributed by atoms with E-state index in [0.29, 0.717) is 46.0 Å². The van der Waals surface area contributed by atoms with E-state index in [1.165, 1.54) is 23.8 Å². The van der Waals surface area contributed by atoms with Gasteiger partial charge in [-0.05, 0) is 62.2 Å². The molecule has 210 valence electrons. The van der Waals surface area contributed by atoms with E-state index in [1.807, 2.05) is 45.0 Å². The zero-order valence-electron chi connectivity index (χ0n) is 23.7. The molecule has 10 nitrogen and oxygen atoms in total. The van der Waals surface area contributed by atoms with Gasteiger partial charge in [0.2, 0.25) is 11.8 Å². The van der Waals surface area contributed by atoms with Gasteiger partial charge in [0.1, 0.15) is 23.9 Å². The van der Waals surface area contributed by atoms with E-state index in [1.54, 1.807) is 49.6 Å². The van der Waals surface area contributed by atoms with E-state index in [2.05, 4.69) is 15.6 Å². The van der Waals surface area contributed by atoms with Gasteiger partial charge in [-0.25, -0.2) is 4.68 Å². The summed E-state index contributed by atoms with van der Waals surface area (Å²) in [5.74, 6) is 0.858. The number of fused-ring (bicyclic) bond motifs is 1. The maximum Gasteiger partial charge on any atom is 0.249 e. The van der Waals surface area contributed by atoms with Crippen LogP contribution in [-0.2, 0) is 16.1 Å². The van der Waals surface area contributed by atoms with Gasteiger partial charge in [-0.1, -0.05) is 36.4 Å². The summed E-state index contributed by atoms with van der Waals surface area (Å²) in [6.07, 6.45) is 0.698. The molecule has 0 saturated carbocycles. The predicted octanol–water partition coefficient (Wildman–Crippen LogP) is 4.54. The number of hydrogen-bond acceptors (Lipinski definition) is 7. The Hall–Kier alpha value is -4.60. The number of aromatic nitrogens is 3. The van der Waals surface area contributed by atoms with Gasteiger partial charge >= 0.3 is 0 Å². The zero-order chi connectivity index (χ0) is 28.9. The minimum Gasteiger partial charge on any atom is -0.497 e. The molecule has 0 saturated heterocycles.